The Morgan fingerprint density at radius 3 is 1.70 bits per heavy atom. The van der Waals surface area contributed by atoms with E-state index in [1.165, 1.54) is 13.8 Å². The first-order chi connectivity index (χ1) is 14.0. The van der Waals surface area contributed by atoms with Gasteiger partial charge in [0.2, 0.25) is 0 Å². The lowest BCUT2D eigenvalue weighted by molar-refractivity contribution is -0.202. The molecule has 0 bridgehead atoms. The topological polar surface area (TPSA) is 203 Å². The third-order valence-electron chi connectivity index (χ3n) is 5.21. The van der Waals surface area contributed by atoms with Gasteiger partial charge < -0.3 is 30.6 Å². The zero-order valence-electron chi connectivity index (χ0n) is 16.3. The molecule has 2 rings (SSSR count). The molecule has 0 spiro atoms. The van der Waals surface area contributed by atoms with E-state index in [1.807, 2.05) is 0 Å². The second-order valence-electron chi connectivity index (χ2n) is 7.39. The number of carbonyl (C=O) groups is 4. The molecule has 0 aromatic carbocycles. The van der Waals surface area contributed by atoms with Crippen LogP contribution >= 0.6 is 0 Å². The normalized spacial score (nSPS) is 32.0. The van der Waals surface area contributed by atoms with E-state index in [-0.39, 0.29) is 25.7 Å². The summed E-state index contributed by atoms with van der Waals surface area (Å²) in [6, 6.07) is -2.38. The van der Waals surface area contributed by atoms with E-state index in [0.717, 1.165) is 0 Å². The molecular weight excluding hydrogens is 408 g/mol. The Morgan fingerprint density at radius 1 is 0.767 bits per heavy atom. The van der Waals surface area contributed by atoms with E-state index in [2.05, 4.69) is 0 Å². The lowest BCUT2D eigenvalue weighted by atomic mass is 10.0. The average Bonchev–Trinajstić information content (AvgIpc) is 2.72. The molecule has 8 unspecified atom stereocenters. The molecule has 0 radical (unpaired) electrons. The summed E-state index contributed by atoms with van der Waals surface area (Å²) in [5.74, 6) is -1.54. The quantitative estimate of drug-likeness (QED) is 0.215. The summed E-state index contributed by atoms with van der Waals surface area (Å²) in [4.78, 5) is 49.0. The monoisotopic (exact) mass is 434 g/mol. The molecule has 14 heteroatoms. The number of hydrogen-bond acceptors (Lipinski definition) is 10. The first-order valence-electron chi connectivity index (χ1n) is 9.14. The maximum Gasteiger partial charge on any atom is 0.326 e. The van der Waals surface area contributed by atoms with E-state index in [9.17, 15) is 49.8 Å². The van der Waals surface area contributed by atoms with Crippen LogP contribution in [0.15, 0.2) is 0 Å². The molecule has 8 atom stereocenters. The Balaban J connectivity index is 2.30. The standard InChI is InChI=1S/C16H26N4O10/c1-7-3-17(9(23)5-21)15(29)20(12(7)26)14(28)13(27)18-4-8(2)11(25)19(16(18)30)10(24)6-22/h5-14,23-28H,3-4H2,1-2H3. The van der Waals surface area contributed by atoms with Crippen molar-refractivity contribution in [1.82, 2.24) is 19.6 Å². The summed E-state index contributed by atoms with van der Waals surface area (Å²) in [6.45, 7) is 2.36. The predicted octanol–water partition coefficient (Wildman–Crippen LogP) is -3.96. The SMILES string of the molecule is CC1CN(C(O)C(O)N2C(=O)N(C(O)C=O)CC(C)C2O)C(=O)N(C(O)C=O)C1O. The van der Waals surface area contributed by atoms with Gasteiger partial charge in [-0.25, -0.2) is 9.59 Å². The Kier molecular flexibility index (Phi) is 7.33. The van der Waals surface area contributed by atoms with Gasteiger partial charge in [0.15, 0.2) is 37.5 Å². The van der Waals surface area contributed by atoms with Crippen molar-refractivity contribution in [2.75, 3.05) is 13.1 Å². The van der Waals surface area contributed by atoms with Gasteiger partial charge in [0.1, 0.15) is 12.5 Å². The fourth-order valence-corrected chi connectivity index (χ4v) is 3.46. The molecule has 14 nitrogen and oxygen atoms in total. The molecule has 2 fully saturated rings. The van der Waals surface area contributed by atoms with Crippen LogP contribution in [0.25, 0.3) is 0 Å². The van der Waals surface area contributed by atoms with Crippen LogP contribution < -0.4 is 0 Å². The van der Waals surface area contributed by atoms with Crippen molar-refractivity contribution in [2.24, 2.45) is 11.8 Å². The van der Waals surface area contributed by atoms with Crippen molar-refractivity contribution in [1.29, 1.82) is 0 Å². The van der Waals surface area contributed by atoms with Crippen LogP contribution in [-0.2, 0) is 9.59 Å². The van der Waals surface area contributed by atoms with Gasteiger partial charge in [-0.15, -0.1) is 0 Å². The Bertz CT molecular complexity index is 680. The minimum Gasteiger partial charge on any atom is -0.373 e. The Morgan fingerprint density at radius 2 is 1.20 bits per heavy atom. The van der Waals surface area contributed by atoms with Gasteiger partial charge in [0.25, 0.3) is 0 Å². The highest BCUT2D eigenvalue weighted by molar-refractivity contribution is 5.80. The van der Waals surface area contributed by atoms with Gasteiger partial charge >= 0.3 is 12.1 Å². The molecule has 0 aliphatic carbocycles. The van der Waals surface area contributed by atoms with Crippen molar-refractivity contribution in [3.05, 3.63) is 0 Å². The second-order valence-corrected chi connectivity index (χ2v) is 7.39. The van der Waals surface area contributed by atoms with E-state index < -0.39 is 61.3 Å². The van der Waals surface area contributed by atoms with Crippen molar-refractivity contribution in [3.8, 4) is 0 Å². The van der Waals surface area contributed by atoms with Crippen molar-refractivity contribution < 1.29 is 49.8 Å². The van der Waals surface area contributed by atoms with Gasteiger partial charge in [0, 0.05) is 24.9 Å². The maximum absolute atomic E-state index is 12.6. The minimum atomic E-state index is -2.21. The van der Waals surface area contributed by atoms with Gasteiger partial charge in [-0.1, -0.05) is 13.8 Å². The largest absolute Gasteiger partial charge is 0.373 e. The molecule has 2 aliphatic heterocycles. The molecular formula is C16H26N4O10. The van der Waals surface area contributed by atoms with Gasteiger partial charge in [-0.2, -0.15) is 0 Å². The molecule has 4 amide bonds. The number of aliphatic hydroxyl groups is 6. The number of aldehydes is 2. The summed E-state index contributed by atoms with van der Waals surface area (Å²) in [7, 11) is 0. The molecule has 2 saturated heterocycles. The smallest absolute Gasteiger partial charge is 0.326 e. The van der Waals surface area contributed by atoms with E-state index in [4.69, 9.17) is 0 Å². The molecule has 0 saturated carbocycles. The Labute approximate surface area is 171 Å². The summed E-state index contributed by atoms with van der Waals surface area (Å²) in [6.07, 6.45) is -11.4. The van der Waals surface area contributed by atoms with Crippen molar-refractivity contribution >= 4 is 24.6 Å². The fraction of sp³-hybridized carbons (Fsp3) is 0.750. The molecule has 6 N–H and O–H groups in total. The fourth-order valence-electron chi connectivity index (χ4n) is 3.46. The molecule has 2 aliphatic rings. The van der Waals surface area contributed by atoms with Gasteiger partial charge in [-0.3, -0.25) is 29.2 Å². The maximum atomic E-state index is 12.6. The number of hydrogen-bond donors (Lipinski definition) is 6. The molecule has 0 aromatic rings. The molecule has 0 aromatic heterocycles. The minimum absolute atomic E-state index is 0.0154. The first kappa shape index (κ1) is 23.9. The predicted molar refractivity (Wildman–Crippen MR) is 94.4 cm³/mol. The lowest BCUT2D eigenvalue weighted by Gasteiger charge is -2.49. The number of urea groups is 2. The zero-order valence-corrected chi connectivity index (χ0v) is 16.3. The number of carbonyl (C=O) groups excluding carboxylic acids is 4. The third-order valence-corrected chi connectivity index (χ3v) is 5.21. The van der Waals surface area contributed by atoms with Crippen molar-refractivity contribution in [2.45, 2.75) is 51.2 Å². The summed E-state index contributed by atoms with van der Waals surface area (Å²) >= 11 is 0. The van der Waals surface area contributed by atoms with E-state index in [1.54, 1.807) is 0 Å². The number of rotatable bonds is 7. The average molecular weight is 434 g/mol. The second kappa shape index (κ2) is 9.20. The van der Waals surface area contributed by atoms with Crippen LogP contribution in [-0.4, -0.2) is 125 Å². The Hall–Kier alpha value is -2.36. The number of amides is 4. The van der Waals surface area contributed by atoms with Gasteiger partial charge in [0.05, 0.1) is 0 Å². The van der Waals surface area contributed by atoms with Crippen LogP contribution in [0.1, 0.15) is 13.8 Å². The molecule has 30 heavy (non-hydrogen) atoms. The van der Waals surface area contributed by atoms with Crippen LogP contribution in [0, 0.1) is 11.8 Å². The van der Waals surface area contributed by atoms with Crippen LogP contribution in [0.4, 0.5) is 9.59 Å². The summed E-state index contributed by atoms with van der Waals surface area (Å²) in [5, 5.41) is 61.0. The highest BCUT2D eigenvalue weighted by Gasteiger charge is 2.49. The first-order valence-corrected chi connectivity index (χ1v) is 9.14. The molecule has 2 heterocycles. The summed E-state index contributed by atoms with van der Waals surface area (Å²) in [5.41, 5.74) is 0. The highest BCUT2D eigenvalue weighted by atomic mass is 16.4. The number of nitrogens with zero attached hydrogens (tertiary/aromatic N) is 4. The third kappa shape index (κ3) is 4.10. The van der Waals surface area contributed by atoms with E-state index >= 15 is 0 Å². The zero-order chi connectivity index (χ0) is 22.9. The van der Waals surface area contributed by atoms with Crippen LogP contribution in [0.2, 0.25) is 0 Å². The molecule has 170 valence electrons. The van der Waals surface area contributed by atoms with E-state index in [0.29, 0.717) is 19.6 Å². The highest BCUT2D eigenvalue weighted by Crippen LogP contribution is 2.28. The number of aliphatic hydroxyl groups excluding tert-OH is 6. The van der Waals surface area contributed by atoms with Crippen LogP contribution in [0.5, 0.6) is 0 Å². The van der Waals surface area contributed by atoms with Crippen molar-refractivity contribution in [3.63, 3.8) is 0 Å². The van der Waals surface area contributed by atoms with Gasteiger partial charge in [-0.05, 0) is 0 Å². The van der Waals surface area contributed by atoms with Crippen LogP contribution in [0.3, 0.4) is 0 Å². The summed E-state index contributed by atoms with van der Waals surface area (Å²) < 4.78 is 0. The lowest BCUT2D eigenvalue weighted by Crippen LogP contribution is -2.70.